The highest BCUT2D eigenvalue weighted by atomic mass is 16.2. The maximum absolute atomic E-state index is 12.8. The molecular weight excluding hydrogens is 340 g/mol. The number of carbonyl (C=O) groups is 1. The van der Waals surface area contributed by atoms with Gasteiger partial charge in [-0.05, 0) is 50.4 Å². The van der Waals surface area contributed by atoms with Gasteiger partial charge in [-0.25, -0.2) is 10.4 Å². The van der Waals surface area contributed by atoms with Gasteiger partial charge in [0.25, 0.3) is 0 Å². The summed E-state index contributed by atoms with van der Waals surface area (Å²) in [5.41, 5.74) is 8.43. The molecule has 1 aliphatic heterocycles. The highest BCUT2D eigenvalue weighted by molar-refractivity contribution is 5.95. The van der Waals surface area contributed by atoms with Crippen molar-refractivity contribution in [2.75, 3.05) is 25.0 Å². The van der Waals surface area contributed by atoms with E-state index in [2.05, 4.69) is 50.5 Å². The van der Waals surface area contributed by atoms with E-state index in [1.807, 2.05) is 18.2 Å². The first-order valence-electron chi connectivity index (χ1n) is 10.2. The summed E-state index contributed by atoms with van der Waals surface area (Å²) in [6, 6.07) is 8.29. The number of nitrogens with one attached hydrogen (secondary N) is 3. The molecular formula is C20H30N6O. The number of imidazole rings is 1. The minimum absolute atomic E-state index is 0.00922. The molecule has 3 N–H and O–H groups in total. The molecule has 7 heteroatoms. The van der Waals surface area contributed by atoms with Gasteiger partial charge in [0.2, 0.25) is 11.9 Å². The number of nitrogens with zero attached hydrogens (tertiary/aromatic N) is 3. The molecule has 1 saturated heterocycles. The lowest BCUT2D eigenvalue weighted by Gasteiger charge is -2.19. The first kappa shape index (κ1) is 18.4. The fourth-order valence-electron chi connectivity index (χ4n) is 3.94. The van der Waals surface area contributed by atoms with Gasteiger partial charge in [0.15, 0.2) is 0 Å². The number of para-hydroxylation sites is 2. The topological polar surface area (TPSA) is 74.2 Å². The van der Waals surface area contributed by atoms with Gasteiger partial charge in [0, 0.05) is 19.1 Å². The summed E-state index contributed by atoms with van der Waals surface area (Å²) in [5.74, 6) is 1.36. The molecule has 27 heavy (non-hydrogen) atoms. The Morgan fingerprint density at radius 1 is 1.26 bits per heavy atom. The third-order valence-corrected chi connectivity index (χ3v) is 5.86. The lowest BCUT2D eigenvalue weighted by molar-refractivity contribution is -0.118. The molecule has 2 atom stereocenters. The molecule has 0 spiro atoms. The number of hydrazine groups is 1. The fraction of sp³-hybridized carbons (Fsp3) is 0.600. The Morgan fingerprint density at radius 3 is 2.78 bits per heavy atom. The number of hydrogen-bond acceptors (Lipinski definition) is 5. The number of rotatable bonds is 8. The molecule has 146 valence electrons. The molecule has 1 aromatic carbocycles. The Hall–Kier alpha value is -1.96. The molecule has 7 nitrogen and oxygen atoms in total. The predicted molar refractivity (Wildman–Crippen MR) is 107 cm³/mol. The Balaban J connectivity index is 1.50. The Bertz CT molecular complexity index is 795. The van der Waals surface area contributed by atoms with Crippen molar-refractivity contribution in [3.05, 3.63) is 24.3 Å². The zero-order valence-corrected chi connectivity index (χ0v) is 16.2. The highest BCUT2D eigenvalue weighted by Crippen LogP contribution is 2.35. The summed E-state index contributed by atoms with van der Waals surface area (Å²) >= 11 is 0. The summed E-state index contributed by atoms with van der Waals surface area (Å²) in [6.07, 6.45) is 3.39. The summed E-state index contributed by atoms with van der Waals surface area (Å²) in [4.78, 5) is 19.9. The molecule has 1 saturated carbocycles. The van der Waals surface area contributed by atoms with Gasteiger partial charge < -0.3 is 9.47 Å². The van der Waals surface area contributed by atoms with Crippen molar-refractivity contribution < 1.29 is 4.79 Å². The first-order chi connectivity index (χ1) is 13.2. The molecule has 2 unspecified atom stereocenters. The fourth-order valence-corrected chi connectivity index (χ4v) is 3.94. The van der Waals surface area contributed by atoms with Gasteiger partial charge in [0.05, 0.1) is 11.0 Å². The second-order valence-corrected chi connectivity index (χ2v) is 7.61. The Kier molecular flexibility index (Phi) is 5.43. The number of benzene rings is 1. The molecule has 4 rings (SSSR count). The van der Waals surface area contributed by atoms with Crippen LogP contribution in [0.15, 0.2) is 24.3 Å². The molecule has 0 bridgehead atoms. The van der Waals surface area contributed by atoms with Crippen molar-refractivity contribution >= 4 is 22.9 Å². The van der Waals surface area contributed by atoms with Crippen molar-refractivity contribution in [2.24, 2.45) is 5.92 Å². The van der Waals surface area contributed by atoms with Crippen molar-refractivity contribution in [1.29, 1.82) is 0 Å². The summed E-state index contributed by atoms with van der Waals surface area (Å²) < 4.78 is 2.13. The smallest absolute Gasteiger partial charge is 0.245 e. The van der Waals surface area contributed by atoms with Crippen LogP contribution in [0.5, 0.6) is 0 Å². The SMILES string of the molecule is CCN(CC)CCn1c(NC(=O)C2CC(C3CC3)NN2)nc2ccccc21. The van der Waals surface area contributed by atoms with E-state index in [4.69, 9.17) is 0 Å². The van der Waals surface area contributed by atoms with Crippen molar-refractivity contribution in [3.8, 4) is 0 Å². The number of fused-ring (bicyclic) bond motifs is 1. The molecule has 1 amide bonds. The molecule has 2 fully saturated rings. The zero-order valence-electron chi connectivity index (χ0n) is 16.2. The third kappa shape index (κ3) is 4.00. The maximum atomic E-state index is 12.8. The standard InChI is InChI=1S/C20H30N6O/c1-3-25(4-2)11-12-26-18-8-6-5-7-15(18)21-20(26)22-19(27)17-13-16(23-24-17)14-9-10-14/h5-8,14,16-17,23-24H,3-4,9-13H2,1-2H3,(H,21,22,27). The Labute approximate surface area is 160 Å². The highest BCUT2D eigenvalue weighted by Gasteiger charge is 2.39. The van der Waals surface area contributed by atoms with Crippen LogP contribution in [-0.4, -0.2) is 52.1 Å². The van der Waals surface area contributed by atoms with Crippen LogP contribution in [-0.2, 0) is 11.3 Å². The molecule has 2 heterocycles. The van der Waals surface area contributed by atoms with Crippen LogP contribution in [0.4, 0.5) is 5.95 Å². The predicted octanol–water partition coefficient (Wildman–Crippen LogP) is 1.96. The van der Waals surface area contributed by atoms with E-state index in [-0.39, 0.29) is 11.9 Å². The molecule has 1 aromatic heterocycles. The monoisotopic (exact) mass is 370 g/mol. The lowest BCUT2D eigenvalue weighted by Crippen LogP contribution is -2.40. The lowest BCUT2D eigenvalue weighted by atomic mass is 10.1. The van der Waals surface area contributed by atoms with Crippen molar-refractivity contribution in [2.45, 2.75) is 51.7 Å². The van der Waals surface area contributed by atoms with Crippen LogP contribution >= 0.6 is 0 Å². The molecule has 2 aromatic rings. The number of amides is 1. The van der Waals surface area contributed by atoms with E-state index in [1.54, 1.807) is 0 Å². The normalized spacial score (nSPS) is 22.6. The van der Waals surface area contributed by atoms with Crippen LogP contribution in [0.3, 0.4) is 0 Å². The largest absolute Gasteiger partial charge is 0.309 e. The third-order valence-electron chi connectivity index (χ3n) is 5.86. The Morgan fingerprint density at radius 2 is 2.04 bits per heavy atom. The second-order valence-electron chi connectivity index (χ2n) is 7.61. The number of hydrogen-bond donors (Lipinski definition) is 3. The van der Waals surface area contributed by atoms with Gasteiger partial charge in [-0.15, -0.1) is 0 Å². The van der Waals surface area contributed by atoms with Crippen LogP contribution in [0.25, 0.3) is 11.0 Å². The average Bonchev–Trinajstić information content (AvgIpc) is 3.31. The first-order valence-corrected chi connectivity index (χ1v) is 10.2. The number of aromatic nitrogens is 2. The summed E-state index contributed by atoms with van der Waals surface area (Å²) in [5, 5.41) is 3.07. The van der Waals surface area contributed by atoms with Crippen LogP contribution in [0.1, 0.15) is 33.1 Å². The number of carbonyl (C=O) groups excluding carboxylic acids is 1. The van der Waals surface area contributed by atoms with E-state index in [9.17, 15) is 4.79 Å². The van der Waals surface area contributed by atoms with E-state index < -0.39 is 0 Å². The average molecular weight is 371 g/mol. The van der Waals surface area contributed by atoms with E-state index >= 15 is 0 Å². The van der Waals surface area contributed by atoms with E-state index in [0.29, 0.717) is 12.0 Å². The maximum Gasteiger partial charge on any atom is 0.245 e. The van der Waals surface area contributed by atoms with Gasteiger partial charge >= 0.3 is 0 Å². The molecule has 2 aliphatic rings. The van der Waals surface area contributed by atoms with Crippen LogP contribution in [0.2, 0.25) is 0 Å². The van der Waals surface area contributed by atoms with Crippen molar-refractivity contribution in [1.82, 2.24) is 25.3 Å². The quantitative estimate of drug-likeness (QED) is 0.662. The zero-order chi connectivity index (χ0) is 18.8. The van der Waals surface area contributed by atoms with Gasteiger partial charge in [-0.1, -0.05) is 26.0 Å². The van der Waals surface area contributed by atoms with E-state index in [1.165, 1.54) is 12.8 Å². The van der Waals surface area contributed by atoms with Crippen LogP contribution < -0.4 is 16.2 Å². The minimum Gasteiger partial charge on any atom is -0.309 e. The summed E-state index contributed by atoms with van der Waals surface area (Å²) in [6.45, 7) is 8.12. The number of anilines is 1. The van der Waals surface area contributed by atoms with Crippen LogP contribution in [0, 0.1) is 5.92 Å². The second kappa shape index (κ2) is 7.96. The van der Waals surface area contributed by atoms with Gasteiger partial charge in [0.1, 0.15) is 6.04 Å². The van der Waals surface area contributed by atoms with E-state index in [0.717, 1.165) is 49.6 Å². The van der Waals surface area contributed by atoms with Gasteiger partial charge in [-0.2, -0.15) is 0 Å². The number of likely N-dealkylation sites (N-methyl/N-ethyl adjacent to an activating group) is 1. The molecule has 1 aliphatic carbocycles. The van der Waals surface area contributed by atoms with Crippen molar-refractivity contribution in [3.63, 3.8) is 0 Å². The molecule has 0 radical (unpaired) electrons. The summed E-state index contributed by atoms with van der Waals surface area (Å²) in [7, 11) is 0. The minimum atomic E-state index is -0.202. The van der Waals surface area contributed by atoms with Gasteiger partial charge in [-0.3, -0.25) is 15.5 Å².